The smallest absolute Gasteiger partial charge is 0.0244 e. The topological polar surface area (TPSA) is 15.3 Å². The van der Waals surface area contributed by atoms with E-state index in [9.17, 15) is 0 Å². The molecule has 3 atom stereocenters. The zero-order chi connectivity index (χ0) is 13.9. The highest BCUT2D eigenvalue weighted by atomic mass is 15.3. The van der Waals surface area contributed by atoms with Crippen molar-refractivity contribution in [2.45, 2.75) is 79.4 Å². The molecule has 1 aliphatic rings. The molecule has 1 fully saturated rings. The van der Waals surface area contributed by atoms with E-state index in [2.05, 4.69) is 58.7 Å². The zero-order valence-corrected chi connectivity index (χ0v) is 13.6. The molecule has 18 heavy (non-hydrogen) atoms. The fraction of sp³-hybridized carbons (Fsp3) is 1.00. The fourth-order valence-electron chi connectivity index (χ4n) is 2.94. The van der Waals surface area contributed by atoms with Crippen LogP contribution in [0.1, 0.15) is 61.3 Å². The first kappa shape index (κ1) is 16.0. The van der Waals surface area contributed by atoms with Crippen LogP contribution in [-0.4, -0.2) is 36.1 Å². The second-order valence-corrected chi connectivity index (χ2v) is 7.56. The summed E-state index contributed by atoms with van der Waals surface area (Å²) >= 11 is 0. The summed E-state index contributed by atoms with van der Waals surface area (Å²) in [7, 11) is 0. The summed E-state index contributed by atoms with van der Waals surface area (Å²) in [4.78, 5) is 2.76. The van der Waals surface area contributed by atoms with Crippen LogP contribution < -0.4 is 5.32 Å². The van der Waals surface area contributed by atoms with Crippen LogP contribution in [0.25, 0.3) is 0 Å². The van der Waals surface area contributed by atoms with Crippen molar-refractivity contribution in [3.8, 4) is 0 Å². The fourth-order valence-corrected chi connectivity index (χ4v) is 2.94. The summed E-state index contributed by atoms with van der Waals surface area (Å²) in [5.74, 6) is 0.787. The van der Waals surface area contributed by atoms with Crippen molar-refractivity contribution in [3.05, 3.63) is 0 Å². The Morgan fingerprint density at radius 1 is 1.22 bits per heavy atom. The van der Waals surface area contributed by atoms with Gasteiger partial charge in [-0.05, 0) is 31.1 Å². The Morgan fingerprint density at radius 3 is 2.28 bits per heavy atom. The first-order chi connectivity index (χ1) is 8.25. The van der Waals surface area contributed by atoms with Gasteiger partial charge in [0.05, 0.1) is 0 Å². The van der Waals surface area contributed by atoms with Crippen LogP contribution in [0.4, 0.5) is 0 Å². The first-order valence-corrected chi connectivity index (χ1v) is 7.74. The Morgan fingerprint density at radius 2 is 1.83 bits per heavy atom. The van der Waals surface area contributed by atoms with Crippen molar-refractivity contribution in [1.82, 2.24) is 10.2 Å². The second-order valence-electron chi connectivity index (χ2n) is 7.56. The van der Waals surface area contributed by atoms with Crippen LogP contribution in [0.3, 0.4) is 0 Å². The number of rotatable bonds is 4. The molecular formula is C16H34N2. The van der Waals surface area contributed by atoms with Crippen LogP contribution in [0.15, 0.2) is 0 Å². The molecule has 0 saturated carbocycles. The third-order valence-electron chi connectivity index (χ3n) is 4.41. The predicted octanol–water partition coefficient (Wildman–Crippen LogP) is 3.52. The van der Waals surface area contributed by atoms with E-state index in [1.165, 1.54) is 19.4 Å². The lowest BCUT2D eigenvalue weighted by molar-refractivity contribution is 0.0446. The van der Waals surface area contributed by atoms with Crippen LogP contribution in [0, 0.1) is 11.3 Å². The Bertz CT molecular complexity index is 242. The van der Waals surface area contributed by atoms with E-state index in [1.807, 2.05) is 0 Å². The number of piperazine rings is 1. The van der Waals surface area contributed by atoms with Gasteiger partial charge in [0.2, 0.25) is 0 Å². The molecule has 3 unspecified atom stereocenters. The normalized spacial score (nSPS) is 28.7. The molecule has 0 amide bonds. The van der Waals surface area contributed by atoms with E-state index in [0.717, 1.165) is 18.5 Å². The van der Waals surface area contributed by atoms with Gasteiger partial charge in [0.25, 0.3) is 0 Å². The summed E-state index contributed by atoms with van der Waals surface area (Å²) in [5.41, 5.74) is 0.356. The van der Waals surface area contributed by atoms with E-state index in [1.54, 1.807) is 0 Å². The number of nitrogens with one attached hydrogen (secondary N) is 1. The summed E-state index contributed by atoms with van der Waals surface area (Å²) in [6, 6.07) is 2.05. The minimum Gasteiger partial charge on any atom is -0.311 e. The lowest BCUT2D eigenvalue weighted by Gasteiger charge is -2.48. The molecule has 0 bridgehead atoms. The van der Waals surface area contributed by atoms with Gasteiger partial charge in [-0.15, -0.1) is 0 Å². The van der Waals surface area contributed by atoms with E-state index < -0.39 is 0 Å². The van der Waals surface area contributed by atoms with E-state index >= 15 is 0 Å². The lowest BCUT2D eigenvalue weighted by atomic mass is 9.83. The lowest BCUT2D eigenvalue weighted by Crippen LogP contribution is -2.62. The molecule has 2 nitrogen and oxygen atoms in total. The van der Waals surface area contributed by atoms with Gasteiger partial charge in [-0.3, -0.25) is 4.90 Å². The average Bonchev–Trinajstić information content (AvgIpc) is 2.26. The second kappa shape index (κ2) is 6.38. The van der Waals surface area contributed by atoms with Gasteiger partial charge in [0.1, 0.15) is 0 Å². The first-order valence-electron chi connectivity index (χ1n) is 7.74. The molecule has 1 rings (SSSR count). The van der Waals surface area contributed by atoms with Gasteiger partial charge in [0, 0.05) is 31.2 Å². The average molecular weight is 254 g/mol. The van der Waals surface area contributed by atoms with Gasteiger partial charge in [-0.1, -0.05) is 41.5 Å². The van der Waals surface area contributed by atoms with E-state index in [4.69, 9.17) is 0 Å². The number of nitrogens with zero attached hydrogens (tertiary/aromatic N) is 1. The van der Waals surface area contributed by atoms with Crippen molar-refractivity contribution >= 4 is 0 Å². The molecule has 0 aliphatic carbocycles. The third-order valence-corrected chi connectivity index (χ3v) is 4.41. The van der Waals surface area contributed by atoms with Gasteiger partial charge < -0.3 is 5.32 Å². The molecule has 2 heteroatoms. The van der Waals surface area contributed by atoms with E-state index in [-0.39, 0.29) is 0 Å². The van der Waals surface area contributed by atoms with Crippen LogP contribution in [0.2, 0.25) is 0 Å². The van der Waals surface area contributed by atoms with Crippen molar-refractivity contribution in [1.29, 1.82) is 0 Å². The van der Waals surface area contributed by atoms with Gasteiger partial charge in [-0.25, -0.2) is 0 Å². The SMILES string of the molecule is CCC(C)N1CC(C(C)(C)C)NCC1CC(C)C. The van der Waals surface area contributed by atoms with Crippen LogP contribution in [-0.2, 0) is 0 Å². The third kappa shape index (κ3) is 4.24. The molecule has 1 N–H and O–H groups in total. The summed E-state index contributed by atoms with van der Waals surface area (Å²) in [5, 5.41) is 3.78. The predicted molar refractivity (Wildman–Crippen MR) is 80.9 cm³/mol. The zero-order valence-electron chi connectivity index (χ0n) is 13.6. The molecule has 0 aromatic carbocycles. The van der Waals surface area contributed by atoms with Crippen molar-refractivity contribution in [3.63, 3.8) is 0 Å². The highest BCUT2D eigenvalue weighted by Crippen LogP contribution is 2.27. The van der Waals surface area contributed by atoms with Crippen molar-refractivity contribution in [2.75, 3.05) is 13.1 Å². The standard InChI is InChI=1S/C16H34N2/c1-8-13(4)18-11-15(16(5,6)7)17-10-14(18)9-12(2)3/h12-15,17H,8-11H2,1-7H3. The number of hydrogen-bond donors (Lipinski definition) is 1. The van der Waals surface area contributed by atoms with Crippen LogP contribution >= 0.6 is 0 Å². The molecule has 1 aliphatic heterocycles. The monoisotopic (exact) mass is 254 g/mol. The highest BCUT2D eigenvalue weighted by molar-refractivity contribution is 4.93. The van der Waals surface area contributed by atoms with Gasteiger partial charge in [0.15, 0.2) is 0 Å². The molecule has 0 aromatic heterocycles. The Labute approximate surface area is 115 Å². The summed E-state index contributed by atoms with van der Waals surface area (Å²) in [6.07, 6.45) is 2.57. The number of hydrogen-bond acceptors (Lipinski definition) is 2. The molecule has 0 radical (unpaired) electrons. The highest BCUT2D eigenvalue weighted by Gasteiger charge is 2.35. The minimum absolute atomic E-state index is 0.356. The van der Waals surface area contributed by atoms with Crippen molar-refractivity contribution in [2.24, 2.45) is 11.3 Å². The molecule has 0 spiro atoms. The Hall–Kier alpha value is -0.0800. The quantitative estimate of drug-likeness (QED) is 0.826. The molecule has 108 valence electrons. The van der Waals surface area contributed by atoms with Gasteiger partial charge in [-0.2, -0.15) is 0 Å². The van der Waals surface area contributed by atoms with Crippen molar-refractivity contribution < 1.29 is 0 Å². The van der Waals surface area contributed by atoms with Gasteiger partial charge >= 0.3 is 0 Å². The van der Waals surface area contributed by atoms with E-state index in [0.29, 0.717) is 17.5 Å². The maximum Gasteiger partial charge on any atom is 0.0244 e. The Kier molecular flexibility index (Phi) is 5.67. The Balaban J connectivity index is 2.73. The minimum atomic E-state index is 0.356. The molecule has 1 saturated heterocycles. The van der Waals surface area contributed by atoms with Crippen LogP contribution in [0.5, 0.6) is 0 Å². The maximum absolute atomic E-state index is 3.78. The summed E-state index contributed by atoms with van der Waals surface area (Å²) in [6.45, 7) is 18.8. The molecule has 1 heterocycles. The largest absolute Gasteiger partial charge is 0.311 e. The summed E-state index contributed by atoms with van der Waals surface area (Å²) < 4.78 is 0. The molecular weight excluding hydrogens is 220 g/mol. The maximum atomic E-state index is 3.78. The molecule has 0 aromatic rings.